The second kappa shape index (κ2) is 6.22. The Labute approximate surface area is 125 Å². The molecule has 0 heterocycles. The van der Waals surface area contributed by atoms with Gasteiger partial charge in [0.1, 0.15) is 0 Å². The number of hydrogen-bond donors (Lipinski definition) is 2. The van der Waals surface area contributed by atoms with Crippen molar-refractivity contribution in [3.05, 3.63) is 58.1 Å². The van der Waals surface area contributed by atoms with Gasteiger partial charge in [-0.15, -0.1) is 0 Å². The van der Waals surface area contributed by atoms with Gasteiger partial charge in [-0.25, -0.2) is 4.79 Å². The van der Waals surface area contributed by atoms with Crippen molar-refractivity contribution in [2.24, 2.45) is 0 Å². The van der Waals surface area contributed by atoms with Crippen LogP contribution in [-0.4, -0.2) is 6.03 Å². The largest absolute Gasteiger partial charge is 0.323 e. The Hall–Kier alpha value is -2.32. The number of hydrogen-bond acceptors (Lipinski definition) is 2. The third-order valence-corrected chi connectivity index (χ3v) is 3.03. The first kappa shape index (κ1) is 14.1. The molecule has 0 aliphatic rings. The van der Waals surface area contributed by atoms with Gasteiger partial charge in [0.15, 0.2) is 0 Å². The molecule has 100 valence electrons. The zero-order valence-corrected chi connectivity index (χ0v) is 12.4. The van der Waals surface area contributed by atoms with Crippen LogP contribution in [0.25, 0.3) is 0 Å². The zero-order valence-electron chi connectivity index (χ0n) is 10.8. The number of nitrogens with one attached hydrogen (secondary N) is 2. The van der Waals surface area contributed by atoms with Crippen LogP contribution < -0.4 is 10.6 Å². The molecule has 0 unspecified atom stereocenters. The van der Waals surface area contributed by atoms with Crippen molar-refractivity contribution < 1.29 is 4.79 Å². The van der Waals surface area contributed by atoms with Crippen LogP contribution in [0.4, 0.5) is 16.2 Å². The molecular weight excluding hydrogens is 318 g/mol. The van der Waals surface area contributed by atoms with Gasteiger partial charge >= 0.3 is 6.03 Å². The minimum atomic E-state index is -0.327. The summed E-state index contributed by atoms with van der Waals surface area (Å²) < 4.78 is 0.908. The van der Waals surface area contributed by atoms with E-state index in [1.807, 2.05) is 31.2 Å². The maximum atomic E-state index is 11.9. The lowest BCUT2D eigenvalue weighted by Crippen LogP contribution is -2.19. The SMILES string of the molecule is Cc1cc(Br)cc(NC(=O)Nc2ccc(C#N)cc2)c1. The Morgan fingerprint density at radius 1 is 1.10 bits per heavy atom. The van der Waals surface area contributed by atoms with E-state index in [4.69, 9.17) is 5.26 Å². The number of nitriles is 1. The van der Waals surface area contributed by atoms with Gasteiger partial charge in [-0.05, 0) is 55.0 Å². The first-order chi connectivity index (χ1) is 9.56. The van der Waals surface area contributed by atoms with Crippen molar-refractivity contribution in [2.45, 2.75) is 6.92 Å². The molecule has 0 bridgehead atoms. The molecule has 0 saturated carbocycles. The van der Waals surface area contributed by atoms with Crippen molar-refractivity contribution >= 4 is 33.3 Å². The molecule has 2 amide bonds. The Kier molecular flexibility index (Phi) is 4.38. The molecule has 2 aromatic carbocycles. The zero-order chi connectivity index (χ0) is 14.5. The summed E-state index contributed by atoms with van der Waals surface area (Å²) in [7, 11) is 0. The fraction of sp³-hybridized carbons (Fsp3) is 0.0667. The van der Waals surface area contributed by atoms with Crippen LogP contribution in [0.3, 0.4) is 0 Å². The number of carbonyl (C=O) groups excluding carboxylic acids is 1. The summed E-state index contributed by atoms with van der Waals surface area (Å²) >= 11 is 3.38. The molecule has 0 fully saturated rings. The third-order valence-electron chi connectivity index (χ3n) is 2.57. The molecule has 20 heavy (non-hydrogen) atoms. The van der Waals surface area contributed by atoms with Gasteiger partial charge in [0.05, 0.1) is 11.6 Å². The molecule has 2 rings (SSSR count). The topological polar surface area (TPSA) is 64.9 Å². The highest BCUT2D eigenvalue weighted by Gasteiger charge is 2.04. The molecule has 2 aromatic rings. The van der Waals surface area contributed by atoms with Crippen molar-refractivity contribution in [2.75, 3.05) is 10.6 Å². The van der Waals surface area contributed by atoms with Crippen LogP contribution in [0.1, 0.15) is 11.1 Å². The van der Waals surface area contributed by atoms with E-state index in [2.05, 4.69) is 26.6 Å². The van der Waals surface area contributed by atoms with Crippen LogP contribution in [-0.2, 0) is 0 Å². The van der Waals surface area contributed by atoms with E-state index >= 15 is 0 Å². The van der Waals surface area contributed by atoms with Gasteiger partial charge in [0.25, 0.3) is 0 Å². The van der Waals surface area contributed by atoms with E-state index in [1.165, 1.54) is 0 Å². The van der Waals surface area contributed by atoms with Crippen LogP contribution in [0.5, 0.6) is 0 Å². The monoisotopic (exact) mass is 329 g/mol. The molecule has 0 saturated heterocycles. The van der Waals surface area contributed by atoms with Crippen molar-refractivity contribution in [1.82, 2.24) is 0 Å². The highest BCUT2D eigenvalue weighted by molar-refractivity contribution is 9.10. The molecule has 4 nitrogen and oxygen atoms in total. The first-order valence-corrected chi connectivity index (χ1v) is 6.71. The Bertz CT molecular complexity index is 654. The predicted octanol–water partition coefficient (Wildman–Crippen LogP) is 4.27. The predicted molar refractivity (Wildman–Crippen MR) is 82.7 cm³/mol. The molecule has 2 N–H and O–H groups in total. The molecule has 0 aliphatic carbocycles. The van der Waals surface area contributed by atoms with Gasteiger partial charge in [-0.2, -0.15) is 5.26 Å². The summed E-state index contributed by atoms with van der Waals surface area (Å²) in [6.45, 7) is 1.95. The second-order valence-corrected chi connectivity index (χ2v) is 5.20. The number of halogens is 1. The maximum absolute atomic E-state index is 11.9. The average Bonchev–Trinajstić information content (AvgIpc) is 2.38. The number of nitrogens with zero attached hydrogens (tertiary/aromatic N) is 1. The molecule has 0 spiro atoms. The lowest BCUT2D eigenvalue weighted by atomic mass is 10.2. The average molecular weight is 330 g/mol. The minimum Gasteiger partial charge on any atom is -0.308 e. The number of urea groups is 1. The molecule has 0 aromatic heterocycles. The number of anilines is 2. The summed E-state index contributed by atoms with van der Waals surface area (Å²) in [5, 5.41) is 14.2. The normalized spacial score (nSPS) is 9.65. The van der Waals surface area contributed by atoms with Crippen LogP contribution >= 0.6 is 15.9 Å². The van der Waals surface area contributed by atoms with Crippen LogP contribution in [0.15, 0.2) is 46.9 Å². The van der Waals surface area contributed by atoms with Crippen LogP contribution in [0.2, 0.25) is 0 Å². The Morgan fingerprint density at radius 2 is 1.75 bits per heavy atom. The Morgan fingerprint density at radius 3 is 2.35 bits per heavy atom. The minimum absolute atomic E-state index is 0.327. The number of carbonyl (C=O) groups is 1. The highest BCUT2D eigenvalue weighted by atomic mass is 79.9. The van der Waals surface area contributed by atoms with Gasteiger partial charge in [-0.3, -0.25) is 0 Å². The lowest BCUT2D eigenvalue weighted by Gasteiger charge is -2.09. The summed E-state index contributed by atoms with van der Waals surface area (Å²) in [5.74, 6) is 0. The van der Waals surface area contributed by atoms with Crippen molar-refractivity contribution in [3.63, 3.8) is 0 Å². The summed E-state index contributed by atoms with van der Waals surface area (Å²) in [4.78, 5) is 11.9. The fourth-order valence-corrected chi connectivity index (χ4v) is 2.34. The van der Waals surface area contributed by atoms with E-state index in [-0.39, 0.29) is 6.03 Å². The lowest BCUT2D eigenvalue weighted by molar-refractivity contribution is 0.262. The van der Waals surface area contributed by atoms with Gasteiger partial charge in [0.2, 0.25) is 0 Å². The maximum Gasteiger partial charge on any atom is 0.323 e. The van der Waals surface area contributed by atoms with Crippen molar-refractivity contribution in [1.29, 1.82) is 5.26 Å². The summed E-state index contributed by atoms with van der Waals surface area (Å²) in [6.07, 6.45) is 0. The molecule has 0 radical (unpaired) electrons. The number of amides is 2. The summed E-state index contributed by atoms with van der Waals surface area (Å²) in [5.41, 5.74) is 2.95. The van der Waals surface area contributed by atoms with Gasteiger partial charge < -0.3 is 10.6 Å². The van der Waals surface area contributed by atoms with Gasteiger partial charge in [0, 0.05) is 15.8 Å². The van der Waals surface area contributed by atoms with E-state index in [0.717, 1.165) is 10.0 Å². The quantitative estimate of drug-likeness (QED) is 0.863. The van der Waals surface area contributed by atoms with E-state index in [1.54, 1.807) is 24.3 Å². The highest BCUT2D eigenvalue weighted by Crippen LogP contribution is 2.19. The standard InChI is InChI=1S/C15H12BrN3O/c1-10-6-12(16)8-14(7-10)19-15(20)18-13-4-2-11(9-17)3-5-13/h2-8H,1H3,(H2,18,19,20). The molecular formula is C15H12BrN3O. The molecule has 5 heteroatoms. The first-order valence-electron chi connectivity index (χ1n) is 5.92. The third kappa shape index (κ3) is 3.84. The fourth-order valence-electron chi connectivity index (χ4n) is 1.73. The number of benzene rings is 2. The summed E-state index contributed by atoms with van der Waals surface area (Å²) in [6, 6.07) is 14.0. The van der Waals surface area contributed by atoms with Gasteiger partial charge in [-0.1, -0.05) is 15.9 Å². The second-order valence-electron chi connectivity index (χ2n) is 4.29. The Balaban J connectivity index is 2.03. The molecule has 0 aliphatic heterocycles. The van der Waals surface area contributed by atoms with Crippen molar-refractivity contribution in [3.8, 4) is 6.07 Å². The van der Waals surface area contributed by atoms with E-state index in [9.17, 15) is 4.79 Å². The molecule has 0 atom stereocenters. The van der Waals surface area contributed by atoms with E-state index < -0.39 is 0 Å². The van der Waals surface area contributed by atoms with Crippen LogP contribution in [0, 0.1) is 18.3 Å². The van der Waals surface area contributed by atoms with E-state index in [0.29, 0.717) is 16.9 Å². The number of rotatable bonds is 2. The smallest absolute Gasteiger partial charge is 0.308 e. The number of aryl methyl sites for hydroxylation is 1.